The molecule has 0 spiro atoms. The van der Waals surface area contributed by atoms with Crippen LogP contribution in [0.25, 0.3) is 16.9 Å². The molecule has 1 N–H and O–H groups in total. The van der Waals surface area contributed by atoms with Crippen molar-refractivity contribution in [2.45, 2.75) is 19.4 Å². The Kier molecular flexibility index (Phi) is 4.67. The van der Waals surface area contributed by atoms with E-state index in [9.17, 15) is 9.18 Å². The van der Waals surface area contributed by atoms with Crippen molar-refractivity contribution in [3.05, 3.63) is 88.6 Å². The van der Waals surface area contributed by atoms with E-state index >= 15 is 0 Å². The second-order valence-corrected chi connectivity index (χ2v) is 7.98. The van der Waals surface area contributed by atoms with Crippen LogP contribution in [0.1, 0.15) is 24.2 Å². The Morgan fingerprint density at radius 2 is 1.97 bits per heavy atom. The number of hydrogen-bond donors (Lipinski definition) is 1. The van der Waals surface area contributed by atoms with E-state index in [0.717, 1.165) is 36.6 Å². The largest absolute Gasteiger partial charge is 0.323 e. The van der Waals surface area contributed by atoms with Crippen LogP contribution in [0.15, 0.2) is 65.8 Å². The van der Waals surface area contributed by atoms with Crippen molar-refractivity contribution in [3.63, 3.8) is 0 Å². The van der Waals surface area contributed by atoms with E-state index in [2.05, 4.69) is 26.8 Å². The maximum Gasteiger partial charge on any atom is 0.274 e. The minimum absolute atomic E-state index is 0.163. The molecule has 4 heterocycles. The van der Waals surface area contributed by atoms with Gasteiger partial charge >= 0.3 is 0 Å². The van der Waals surface area contributed by atoms with Crippen LogP contribution in [-0.2, 0) is 6.54 Å². The first-order valence-corrected chi connectivity index (χ1v) is 10.1. The van der Waals surface area contributed by atoms with Crippen LogP contribution in [0, 0.1) is 11.7 Å². The number of halogens is 1. The van der Waals surface area contributed by atoms with Crippen molar-refractivity contribution >= 4 is 5.52 Å². The first kappa shape index (κ1) is 18.7. The third-order valence-corrected chi connectivity index (χ3v) is 5.86. The molecule has 0 radical (unpaired) electrons. The van der Waals surface area contributed by atoms with Gasteiger partial charge in [0.25, 0.3) is 5.56 Å². The lowest BCUT2D eigenvalue weighted by Gasteiger charge is -2.16. The summed E-state index contributed by atoms with van der Waals surface area (Å²) in [5.74, 6) is 0.924. The molecule has 5 rings (SSSR count). The van der Waals surface area contributed by atoms with Crippen molar-refractivity contribution in [2.24, 2.45) is 5.92 Å². The summed E-state index contributed by atoms with van der Waals surface area (Å²) in [6.45, 7) is 4.79. The zero-order valence-corrected chi connectivity index (χ0v) is 16.6. The van der Waals surface area contributed by atoms with Crippen LogP contribution < -0.4 is 5.56 Å². The summed E-state index contributed by atoms with van der Waals surface area (Å²) < 4.78 is 15.1. The van der Waals surface area contributed by atoms with Gasteiger partial charge in [-0.1, -0.05) is 13.0 Å². The average molecular weight is 403 g/mol. The van der Waals surface area contributed by atoms with Gasteiger partial charge in [-0.05, 0) is 42.3 Å². The topological polar surface area (TPSA) is 66.3 Å². The number of rotatable bonds is 4. The summed E-state index contributed by atoms with van der Waals surface area (Å²) in [7, 11) is 0. The van der Waals surface area contributed by atoms with Gasteiger partial charge in [0.15, 0.2) is 0 Å². The predicted octanol–water partition coefficient (Wildman–Crippen LogP) is 3.46. The van der Waals surface area contributed by atoms with Crippen LogP contribution in [0.2, 0.25) is 0 Å². The van der Waals surface area contributed by atoms with Gasteiger partial charge in [-0.15, -0.1) is 0 Å². The van der Waals surface area contributed by atoms with E-state index < -0.39 is 0 Å². The number of pyridine rings is 1. The third-order valence-electron chi connectivity index (χ3n) is 5.86. The second kappa shape index (κ2) is 7.50. The Balaban J connectivity index is 1.48. The normalized spacial score (nSPS) is 19.5. The summed E-state index contributed by atoms with van der Waals surface area (Å²) in [6.07, 6.45) is 5.34. The molecule has 1 aliphatic rings. The maximum atomic E-state index is 13.3. The number of fused-ring (bicyclic) bond motifs is 1. The number of H-pyrrole nitrogens is 1. The van der Waals surface area contributed by atoms with Crippen LogP contribution in [-0.4, -0.2) is 37.3 Å². The van der Waals surface area contributed by atoms with Gasteiger partial charge < -0.3 is 4.98 Å². The molecule has 1 aliphatic heterocycles. The molecule has 0 amide bonds. The monoisotopic (exact) mass is 403 g/mol. The Bertz CT molecular complexity index is 1230. The lowest BCUT2D eigenvalue weighted by molar-refractivity contribution is 0.314. The predicted molar refractivity (Wildman–Crippen MR) is 113 cm³/mol. The Morgan fingerprint density at radius 3 is 2.73 bits per heavy atom. The average Bonchev–Trinajstić information content (AvgIpc) is 3.33. The van der Waals surface area contributed by atoms with Crippen molar-refractivity contribution in [2.75, 3.05) is 13.1 Å². The number of likely N-dealkylation sites (tertiary alicyclic amines) is 1. The van der Waals surface area contributed by atoms with E-state index in [1.54, 1.807) is 18.3 Å². The van der Waals surface area contributed by atoms with Gasteiger partial charge in [-0.25, -0.2) is 9.37 Å². The second-order valence-electron chi connectivity index (χ2n) is 7.98. The van der Waals surface area contributed by atoms with Gasteiger partial charge in [0.2, 0.25) is 0 Å². The van der Waals surface area contributed by atoms with Gasteiger partial charge in [-0.2, -0.15) is 0 Å². The minimum Gasteiger partial charge on any atom is -0.323 e. The smallest absolute Gasteiger partial charge is 0.274 e. The van der Waals surface area contributed by atoms with E-state index in [-0.39, 0.29) is 17.3 Å². The molecular weight excluding hydrogens is 381 g/mol. The first-order valence-electron chi connectivity index (χ1n) is 10.1. The van der Waals surface area contributed by atoms with Crippen molar-refractivity contribution in [3.8, 4) is 11.4 Å². The highest BCUT2D eigenvalue weighted by Crippen LogP contribution is 2.32. The summed E-state index contributed by atoms with van der Waals surface area (Å²) >= 11 is 0. The molecule has 152 valence electrons. The lowest BCUT2D eigenvalue weighted by atomic mass is 9.95. The van der Waals surface area contributed by atoms with Crippen LogP contribution in [0.4, 0.5) is 4.39 Å². The highest BCUT2D eigenvalue weighted by Gasteiger charge is 2.32. The number of hydrogen-bond acceptors (Lipinski definition) is 4. The molecular formula is C23H22FN5O. The van der Waals surface area contributed by atoms with Crippen molar-refractivity contribution in [1.82, 2.24) is 24.3 Å². The van der Waals surface area contributed by atoms with Gasteiger partial charge in [0.1, 0.15) is 17.2 Å². The first-order chi connectivity index (χ1) is 14.6. The Morgan fingerprint density at radius 1 is 1.13 bits per heavy atom. The van der Waals surface area contributed by atoms with Gasteiger partial charge in [0, 0.05) is 49.2 Å². The van der Waals surface area contributed by atoms with E-state index in [0.29, 0.717) is 17.3 Å². The number of aromatic nitrogens is 4. The van der Waals surface area contributed by atoms with Gasteiger partial charge in [0.05, 0.1) is 11.9 Å². The van der Waals surface area contributed by atoms with E-state index in [4.69, 9.17) is 0 Å². The number of nitrogens with one attached hydrogen (secondary N) is 1. The molecule has 0 saturated carbocycles. The minimum atomic E-state index is -0.300. The van der Waals surface area contributed by atoms with E-state index in [1.807, 2.05) is 35.0 Å². The van der Waals surface area contributed by atoms with Gasteiger partial charge in [-0.3, -0.25) is 19.1 Å². The summed E-state index contributed by atoms with van der Waals surface area (Å²) in [4.78, 5) is 27.0. The highest BCUT2D eigenvalue weighted by molar-refractivity contribution is 5.61. The van der Waals surface area contributed by atoms with Crippen molar-refractivity contribution in [1.29, 1.82) is 0 Å². The third kappa shape index (κ3) is 3.41. The Labute approximate surface area is 173 Å². The van der Waals surface area contributed by atoms with Crippen LogP contribution >= 0.6 is 0 Å². The molecule has 1 aromatic carbocycles. The summed E-state index contributed by atoms with van der Waals surface area (Å²) in [5.41, 5.74) is 3.02. The molecule has 30 heavy (non-hydrogen) atoms. The van der Waals surface area contributed by atoms with Crippen LogP contribution in [0.5, 0.6) is 0 Å². The number of aromatic amines is 1. The summed E-state index contributed by atoms with van der Waals surface area (Å²) in [6, 6.07) is 12.1. The quantitative estimate of drug-likeness (QED) is 0.567. The molecule has 2 atom stereocenters. The lowest BCUT2D eigenvalue weighted by Crippen LogP contribution is -2.21. The standard InChI is InChI=1S/C23H22FN5O/c1-15-11-28(12-18-4-2-3-9-25-18)13-19(15)20-14-29-21(23(30)27-20)10-26-22(29)16-5-7-17(24)8-6-16/h2-10,14-15,19H,11-13H2,1H3,(H,27,30). The maximum absolute atomic E-state index is 13.3. The molecule has 0 bridgehead atoms. The zero-order valence-electron chi connectivity index (χ0n) is 16.6. The number of benzene rings is 1. The zero-order chi connectivity index (χ0) is 20.7. The highest BCUT2D eigenvalue weighted by atomic mass is 19.1. The molecule has 4 aromatic rings. The molecule has 7 heteroatoms. The molecule has 6 nitrogen and oxygen atoms in total. The van der Waals surface area contributed by atoms with Crippen LogP contribution in [0.3, 0.4) is 0 Å². The molecule has 1 saturated heterocycles. The summed E-state index contributed by atoms with van der Waals surface area (Å²) in [5, 5.41) is 0. The fourth-order valence-corrected chi connectivity index (χ4v) is 4.35. The number of nitrogens with zero attached hydrogens (tertiary/aromatic N) is 4. The molecule has 3 aromatic heterocycles. The van der Waals surface area contributed by atoms with Crippen molar-refractivity contribution < 1.29 is 4.39 Å². The molecule has 0 aliphatic carbocycles. The SMILES string of the molecule is CC1CN(Cc2ccccn2)CC1c1cn2c(-c3ccc(F)cc3)ncc2c(=O)[nH]1. The molecule has 2 unspecified atom stereocenters. The fourth-order valence-electron chi connectivity index (χ4n) is 4.35. The Hall–Kier alpha value is -3.32. The number of imidazole rings is 1. The molecule has 1 fully saturated rings. The fraction of sp³-hybridized carbons (Fsp3) is 0.261. The van der Waals surface area contributed by atoms with E-state index in [1.165, 1.54) is 12.1 Å².